The quantitative estimate of drug-likeness (QED) is 0.456. The highest BCUT2D eigenvalue weighted by Gasteiger charge is 2.32. The van der Waals surface area contributed by atoms with E-state index in [1.165, 1.54) is 16.3 Å². The van der Waals surface area contributed by atoms with Crippen LogP contribution in [-0.4, -0.2) is 39.3 Å². The van der Waals surface area contributed by atoms with E-state index in [1.54, 1.807) is 24.9 Å². The maximum Gasteiger partial charge on any atom is 0.270 e. The molecule has 0 atom stereocenters. The third-order valence-corrected chi connectivity index (χ3v) is 7.02. The molecule has 3 rings (SSSR count). The standard InChI is InChI=1S/C24H26N4O2S2/c1-5-27(6-2)21-18(16(3)19(15-25)22(29)26(21)4)14-20-23(30)28(24(31)32-20)13-12-17-10-8-7-9-11-17/h7-11,14H,5-6,12-13H2,1-4H3/b20-14-. The zero-order valence-corrected chi connectivity index (χ0v) is 20.3. The van der Waals surface area contributed by atoms with E-state index in [-0.39, 0.29) is 17.0 Å². The Kier molecular flexibility index (Phi) is 7.54. The lowest BCUT2D eigenvalue weighted by Crippen LogP contribution is -2.33. The number of hydrogen-bond acceptors (Lipinski definition) is 6. The summed E-state index contributed by atoms with van der Waals surface area (Å²) < 4.78 is 2.02. The first kappa shape index (κ1) is 23.8. The van der Waals surface area contributed by atoms with E-state index in [0.29, 0.717) is 52.2 Å². The minimum Gasteiger partial charge on any atom is -0.358 e. The number of carbonyl (C=O) groups is 1. The number of amides is 1. The second kappa shape index (κ2) is 10.2. The Morgan fingerprint density at radius 3 is 2.44 bits per heavy atom. The molecule has 1 fully saturated rings. The van der Waals surface area contributed by atoms with Crippen LogP contribution in [0.1, 0.15) is 36.1 Å². The van der Waals surface area contributed by atoms with Gasteiger partial charge in [0.25, 0.3) is 11.5 Å². The van der Waals surface area contributed by atoms with Gasteiger partial charge in [0.15, 0.2) is 0 Å². The van der Waals surface area contributed by atoms with Gasteiger partial charge < -0.3 is 4.90 Å². The molecule has 6 nitrogen and oxygen atoms in total. The highest BCUT2D eigenvalue weighted by molar-refractivity contribution is 8.26. The van der Waals surface area contributed by atoms with Gasteiger partial charge in [0.05, 0.1) is 4.91 Å². The van der Waals surface area contributed by atoms with Crippen LogP contribution < -0.4 is 10.5 Å². The van der Waals surface area contributed by atoms with Gasteiger partial charge in [-0.15, -0.1) is 0 Å². The van der Waals surface area contributed by atoms with Crippen molar-refractivity contribution < 1.29 is 4.79 Å². The van der Waals surface area contributed by atoms with Crippen LogP contribution in [0.25, 0.3) is 6.08 Å². The molecular formula is C24H26N4O2S2. The second-order valence-corrected chi connectivity index (χ2v) is 9.13. The SMILES string of the molecule is CCN(CC)c1c(/C=C2\SC(=S)N(CCc3ccccc3)C2=O)c(C)c(C#N)c(=O)n1C. The van der Waals surface area contributed by atoms with Crippen LogP contribution in [-0.2, 0) is 18.3 Å². The Hall–Kier alpha value is -2.89. The molecule has 0 unspecified atom stereocenters. The molecule has 0 aliphatic carbocycles. The number of nitrogens with zero attached hydrogens (tertiary/aromatic N) is 4. The van der Waals surface area contributed by atoms with Gasteiger partial charge in [-0.3, -0.25) is 19.1 Å². The lowest BCUT2D eigenvalue weighted by atomic mass is 10.0. The molecule has 0 bridgehead atoms. The van der Waals surface area contributed by atoms with Crippen molar-refractivity contribution in [3.8, 4) is 6.07 Å². The first-order valence-corrected chi connectivity index (χ1v) is 11.7. The molecular weight excluding hydrogens is 440 g/mol. The lowest BCUT2D eigenvalue weighted by Gasteiger charge is -2.27. The molecule has 1 aromatic heterocycles. The van der Waals surface area contributed by atoms with Crippen LogP contribution in [0.3, 0.4) is 0 Å². The van der Waals surface area contributed by atoms with Gasteiger partial charge in [-0.25, -0.2) is 0 Å². The first-order valence-electron chi connectivity index (χ1n) is 10.5. The number of benzene rings is 1. The van der Waals surface area contributed by atoms with E-state index in [2.05, 4.69) is 4.90 Å². The van der Waals surface area contributed by atoms with Crippen molar-refractivity contribution >= 4 is 46.1 Å². The molecule has 2 heterocycles. The summed E-state index contributed by atoms with van der Waals surface area (Å²) >= 11 is 6.75. The number of carbonyl (C=O) groups excluding carboxylic acids is 1. The van der Waals surface area contributed by atoms with E-state index in [4.69, 9.17) is 12.2 Å². The summed E-state index contributed by atoms with van der Waals surface area (Å²) in [4.78, 5) is 30.1. The fourth-order valence-corrected chi connectivity index (χ4v) is 5.12. The highest BCUT2D eigenvalue weighted by Crippen LogP contribution is 2.35. The van der Waals surface area contributed by atoms with Gasteiger partial charge in [0.1, 0.15) is 21.8 Å². The predicted molar refractivity (Wildman–Crippen MR) is 135 cm³/mol. The summed E-state index contributed by atoms with van der Waals surface area (Å²) in [7, 11) is 1.67. The van der Waals surface area contributed by atoms with Gasteiger partial charge in [0, 0.05) is 32.2 Å². The van der Waals surface area contributed by atoms with Gasteiger partial charge >= 0.3 is 0 Å². The molecule has 1 amide bonds. The number of aromatic nitrogens is 1. The summed E-state index contributed by atoms with van der Waals surface area (Å²) in [6.45, 7) is 7.66. The van der Waals surface area contributed by atoms with Crippen molar-refractivity contribution in [2.75, 3.05) is 24.5 Å². The molecule has 32 heavy (non-hydrogen) atoms. The Bertz CT molecular complexity index is 1180. The molecule has 0 radical (unpaired) electrons. The maximum atomic E-state index is 13.2. The highest BCUT2D eigenvalue weighted by atomic mass is 32.2. The minimum absolute atomic E-state index is 0.0919. The molecule has 2 aromatic rings. The average Bonchev–Trinajstić information content (AvgIpc) is 3.06. The molecule has 0 spiro atoms. The van der Waals surface area contributed by atoms with Gasteiger partial charge in [-0.2, -0.15) is 5.26 Å². The summed E-state index contributed by atoms with van der Waals surface area (Å²) in [5.74, 6) is 0.555. The summed E-state index contributed by atoms with van der Waals surface area (Å²) in [5.41, 5.74) is 2.18. The molecule has 0 saturated carbocycles. The van der Waals surface area contributed by atoms with Crippen molar-refractivity contribution in [2.45, 2.75) is 27.2 Å². The Morgan fingerprint density at radius 1 is 1.19 bits per heavy atom. The van der Waals surface area contributed by atoms with Crippen molar-refractivity contribution in [1.29, 1.82) is 5.26 Å². The number of hydrogen-bond donors (Lipinski definition) is 0. The van der Waals surface area contributed by atoms with Gasteiger partial charge in [-0.1, -0.05) is 54.3 Å². The number of nitriles is 1. The van der Waals surface area contributed by atoms with Crippen LogP contribution in [0.15, 0.2) is 40.0 Å². The fourth-order valence-electron chi connectivity index (χ4n) is 3.83. The Morgan fingerprint density at radius 2 is 1.84 bits per heavy atom. The number of rotatable bonds is 7. The van der Waals surface area contributed by atoms with Crippen LogP contribution >= 0.6 is 24.0 Å². The third kappa shape index (κ3) is 4.50. The molecule has 0 N–H and O–H groups in total. The molecule has 1 aliphatic rings. The largest absolute Gasteiger partial charge is 0.358 e. The minimum atomic E-state index is -0.334. The van der Waals surface area contributed by atoms with Crippen LogP contribution in [0.4, 0.5) is 5.82 Å². The van der Waals surface area contributed by atoms with Crippen molar-refractivity contribution in [2.24, 2.45) is 7.05 Å². The van der Waals surface area contributed by atoms with Crippen LogP contribution in [0.2, 0.25) is 0 Å². The van der Waals surface area contributed by atoms with E-state index < -0.39 is 0 Å². The Labute approximate surface area is 198 Å². The summed E-state index contributed by atoms with van der Waals surface area (Å²) in [6.07, 6.45) is 2.49. The van der Waals surface area contributed by atoms with E-state index >= 15 is 0 Å². The molecule has 1 aromatic carbocycles. The molecule has 1 aliphatic heterocycles. The van der Waals surface area contributed by atoms with E-state index in [1.807, 2.05) is 50.2 Å². The monoisotopic (exact) mass is 466 g/mol. The summed E-state index contributed by atoms with van der Waals surface area (Å²) in [5, 5.41) is 9.57. The van der Waals surface area contributed by atoms with Crippen LogP contribution in [0, 0.1) is 18.3 Å². The van der Waals surface area contributed by atoms with Gasteiger partial charge in [-0.05, 0) is 44.4 Å². The fraction of sp³-hybridized carbons (Fsp3) is 0.333. The molecule has 8 heteroatoms. The summed E-state index contributed by atoms with van der Waals surface area (Å²) in [6, 6.07) is 12.0. The van der Waals surface area contributed by atoms with Gasteiger partial charge in [0.2, 0.25) is 0 Å². The first-order chi connectivity index (χ1) is 15.3. The molecule has 1 saturated heterocycles. The Balaban J connectivity index is 2.03. The smallest absolute Gasteiger partial charge is 0.270 e. The van der Waals surface area contributed by atoms with Crippen molar-refractivity contribution in [1.82, 2.24) is 9.47 Å². The van der Waals surface area contributed by atoms with Crippen LogP contribution in [0.5, 0.6) is 0 Å². The lowest BCUT2D eigenvalue weighted by molar-refractivity contribution is -0.122. The average molecular weight is 467 g/mol. The predicted octanol–water partition coefficient (Wildman–Crippen LogP) is 3.86. The normalized spacial score (nSPS) is 14.8. The molecule has 166 valence electrons. The number of thioether (sulfide) groups is 1. The maximum absolute atomic E-state index is 13.2. The van der Waals surface area contributed by atoms with Crippen molar-refractivity contribution in [3.05, 3.63) is 67.8 Å². The zero-order chi connectivity index (χ0) is 23.4. The van der Waals surface area contributed by atoms with Crippen molar-refractivity contribution in [3.63, 3.8) is 0 Å². The second-order valence-electron chi connectivity index (χ2n) is 7.45. The van der Waals surface area contributed by atoms with E-state index in [9.17, 15) is 14.9 Å². The van der Waals surface area contributed by atoms with E-state index in [0.717, 1.165) is 5.56 Å². The zero-order valence-electron chi connectivity index (χ0n) is 18.7. The number of anilines is 1. The topological polar surface area (TPSA) is 69.3 Å². The number of pyridine rings is 1. The third-order valence-electron chi connectivity index (χ3n) is 5.65. The number of thiocarbonyl (C=S) groups is 1.